The van der Waals surface area contributed by atoms with Crippen LogP contribution in [0.2, 0.25) is 0 Å². The molecule has 0 atom stereocenters. The molecule has 1 fully saturated rings. The molecule has 0 spiro atoms. The minimum atomic E-state index is 0. The Morgan fingerprint density at radius 2 is 1.73 bits per heavy atom. The van der Waals surface area contributed by atoms with Gasteiger partial charge in [0.15, 0.2) is 0 Å². The second-order valence-corrected chi connectivity index (χ2v) is 6.05. The third kappa shape index (κ3) is 3.01. The first kappa shape index (κ1) is 15.8. The summed E-state index contributed by atoms with van der Waals surface area (Å²) in [7, 11) is 0. The summed E-state index contributed by atoms with van der Waals surface area (Å²) in [5.74, 6) is 0. The maximum Gasteiger partial charge on any atom is 0.0429 e. The Kier molecular flexibility index (Phi) is 5.02. The smallest absolute Gasteiger partial charge is 0.0429 e. The molecular weight excluding hydrogens is 279 g/mol. The largest absolute Gasteiger partial charge is 0.382 e. The van der Waals surface area contributed by atoms with Gasteiger partial charge in [0.1, 0.15) is 0 Å². The van der Waals surface area contributed by atoms with Crippen LogP contribution in [-0.4, -0.2) is 40.6 Å². The summed E-state index contributed by atoms with van der Waals surface area (Å²) in [4.78, 5) is 4.32. The molecule has 1 aromatic heterocycles. The number of hydrogen-bond donors (Lipinski definition) is 1. The summed E-state index contributed by atoms with van der Waals surface area (Å²) in [6.45, 7) is 0. The minimum Gasteiger partial charge on any atom is -0.382 e. The van der Waals surface area contributed by atoms with E-state index in [1.807, 2.05) is 12.4 Å². The van der Waals surface area contributed by atoms with E-state index in [4.69, 9.17) is 0 Å². The summed E-state index contributed by atoms with van der Waals surface area (Å²) in [6.07, 6.45) is 10.6. The fourth-order valence-corrected chi connectivity index (χ4v) is 3.53. The molecule has 108 valence electrons. The number of benzene rings is 2. The number of anilines is 1. The van der Waals surface area contributed by atoms with E-state index < -0.39 is 0 Å². The summed E-state index contributed by atoms with van der Waals surface area (Å²) in [6, 6.07) is 13.6. The minimum absolute atomic E-state index is 0. The first-order chi connectivity index (χ1) is 10.4. The van der Waals surface area contributed by atoms with Gasteiger partial charge < -0.3 is 5.32 Å². The second kappa shape index (κ2) is 6.99. The quantitative estimate of drug-likeness (QED) is 0.557. The van der Waals surface area contributed by atoms with E-state index in [0.717, 1.165) is 0 Å². The van der Waals surface area contributed by atoms with Crippen molar-refractivity contribution in [3.63, 3.8) is 0 Å². The zero-order chi connectivity index (χ0) is 14.1. The zero-order valence-electron chi connectivity index (χ0n) is 12.2. The molecule has 22 heavy (non-hydrogen) atoms. The van der Waals surface area contributed by atoms with Crippen LogP contribution in [0.5, 0.6) is 0 Å². The number of pyridine rings is 1. The SMILES string of the molecule is [NaH].c1ccc2c(c1)cc(NC1CCCCC1)c1ccncc12. The van der Waals surface area contributed by atoms with Crippen LogP contribution in [-0.2, 0) is 0 Å². The molecule has 0 amide bonds. The van der Waals surface area contributed by atoms with Gasteiger partial charge in [0, 0.05) is 34.9 Å². The van der Waals surface area contributed by atoms with E-state index in [2.05, 4.69) is 46.7 Å². The Morgan fingerprint density at radius 3 is 2.59 bits per heavy atom. The van der Waals surface area contributed by atoms with Crippen molar-refractivity contribution in [1.29, 1.82) is 0 Å². The molecule has 3 aromatic rings. The van der Waals surface area contributed by atoms with Crippen molar-refractivity contribution in [2.75, 3.05) is 5.32 Å². The third-order valence-corrected chi connectivity index (χ3v) is 4.63. The van der Waals surface area contributed by atoms with Crippen molar-refractivity contribution in [2.24, 2.45) is 0 Å². The van der Waals surface area contributed by atoms with Crippen LogP contribution in [0.25, 0.3) is 21.5 Å². The first-order valence-corrected chi connectivity index (χ1v) is 7.94. The third-order valence-electron chi connectivity index (χ3n) is 4.63. The molecule has 0 radical (unpaired) electrons. The van der Waals surface area contributed by atoms with Crippen molar-refractivity contribution in [2.45, 2.75) is 38.1 Å². The van der Waals surface area contributed by atoms with Gasteiger partial charge in [-0.25, -0.2) is 0 Å². The van der Waals surface area contributed by atoms with Crippen molar-refractivity contribution >= 4 is 56.8 Å². The average Bonchev–Trinajstić information content (AvgIpc) is 2.56. The van der Waals surface area contributed by atoms with Gasteiger partial charge >= 0.3 is 29.6 Å². The summed E-state index contributed by atoms with van der Waals surface area (Å²) < 4.78 is 0. The molecule has 0 bridgehead atoms. The number of rotatable bonds is 2. The topological polar surface area (TPSA) is 24.9 Å². The van der Waals surface area contributed by atoms with Crippen molar-refractivity contribution in [3.05, 3.63) is 48.8 Å². The fraction of sp³-hybridized carbons (Fsp3) is 0.316. The Balaban J connectivity index is 0.00000144. The van der Waals surface area contributed by atoms with E-state index >= 15 is 0 Å². The molecule has 2 aromatic carbocycles. The van der Waals surface area contributed by atoms with Crippen molar-refractivity contribution in [3.8, 4) is 0 Å². The summed E-state index contributed by atoms with van der Waals surface area (Å²) in [5, 5.41) is 8.89. The van der Waals surface area contributed by atoms with E-state index in [9.17, 15) is 0 Å². The predicted octanol–water partition coefficient (Wildman–Crippen LogP) is 4.48. The summed E-state index contributed by atoms with van der Waals surface area (Å²) >= 11 is 0. The number of hydrogen-bond acceptors (Lipinski definition) is 2. The normalized spacial score (nSPS) is 15.6. The molecule has 1 aliphatic carbocycles. The van der Waals surface area contributed by atoms with E-state index in [1.54, 1.807) is 0 Å². The molecule has 2 nitrogen and oxygen atoms in total. The molecule has 3 heteroatoms. The van der Waals surface area contributed by atoms with Crippen LogP contribution < -0.4 is 5.32 Å². The Hall–Kier alpha value is -1.09. The van der Waals surface area contributed by atoms with Crippen LogP contribution in [0, 0.1) is 0 Å². The van der Waals surface area contributed by atoms with Crippen molar-refractivity contribution < 1.29 is 0 Å². The van der Waals surface area contributed by atoms with Crippen LogP contribution in [0.4, 0.5) is 5.69 Å². The molecule has 0 saturated heterocycles. The van der Waals surface area contributed by atoms with Gasteiger partial charge in [0.25, 0.3) is 0 Å². The molecule has 4 rings (SSSR count). The van der Waals surface area contributed by atoms with Crippen LogP contribution in [0.15, 0.2) is 48.8 Å². The zero-order valence-corrected chi connectivity index (χ0v) is 12.2. The first-order valence-electron chi connectivity index (χ1n) is 7.94. The monoisotopic (exact) mass is 300 g/mol. The fourth-order valence-electron chi connectivity index (χ4n) is 3.53. The standard InChI is InChI=1S/C19H20N2.Na.H/c1-2-7-15(8-3-1)21-19-12-14-6-4-5-9-16(14)18-13-20-11-10-17(18)19;;/h4-6,9-13,15,21H,1-3,7-8H2;;. The maximum atomic E-state index is 4.32. The van der Waals surface area contributed by atoms with Crippen LogP contribution in [0.1, 0.15) is 32.1 Å². The predicted molar refractivity (Wildman–Crippen MR) is 96.9 cm³/mol. The van der Waals surface area contributed by atoms with Crippen molar-refractivity contribution in [1.82, 2.24) is 4.98 Å². The molecule has 1 aliphatic rings. The van der Waals surface area contributed by atoms with E-state index in [1.165, 1.54) is 59.3 Å². The van der Waals surface area contributed by atoms with Crippen LogP contribution in [0.3, 0.4) is 0 Å². The molecule has 0 aliphatic heterocycles. The molecule has 1 N–H and O–H groups in total. The number of nitrogens with one attached hydrogen (secondary N) is 1. The maximum absolute atomic E-state index is 4.32. The molecule has 0 unspecified atom stereocenters. The number of fused-ring (bicyclic) bond motifs is 3. The molecular formula is C19H21N2Na. The Bertz CT molecular complexity index is 779. The van der Waals surface area contributed by atoms with E-state index in [0.29, 0.717) is 6.04 Å². The average molecular weight is 300 g/mol. The molecule has 1 saturated carbocycles. The van der Waals surface area contributed by atoms with Gasteiger partial charge in [-0.3, -0.25) is 4.98 Å². The second-order valence-electron chi connectivity index (χ2n) is 6.05. The van der Waals surface area contributed by atoms with Gasteiger partial charge in [-0.2, -0.15) is 0 Å². The number of aromatic nitrogens is 1. The van der Waals surface area contributed by atoms with Gasteiger partial charge in [-0.05, 0) is 35.7 Å². The molecule has 1 heterocycles. The van der Waals surface area contributed by atoms with Gasteiger partial charge in [-0.1, -0.05) is 43.5 Å². The Labute approximate surface area is 153 Å². The summed E-state index contributed by atoms with van der Waals surface area (Å²) in [5.41, 5.74) is 1.26. The Morgan fingerprint density at radius 1 is 0.909 bits per heavy atom. The van der Waals surface area contributed by atoms with Gasteiger partial charge in [-0.15, -0.1) is 0 Å². The van der Waals surface area contributed by atoms with Gasteiger partial charge in [0.05, 0.1) is 0 Å². The number of nitrogens with zero attached hydrogens (tertiary/aromatic N) is 1. The van der Waals surface area contributed by atoms with Gasteiger partial charge in [0.2, 0.25) is 0 Å². The van der Waals surface area contributed by atoms with Crippen LogP contribution >= 0.6 is 0 Å². The van der Waals surface area contributed by atoms with E-state index in [-0.39, 0.29) is 29.6 Å².